The van der Waals surface area contributed by atoms with Crippen molar-refractivity contribution in [3.05, 3.63) is 30.1 Å². The van der Waals surface area contributed by atoms with Gasteiger partial charge in [0.15, 0.2) is 0 Å². The van der Waals surface area contributed by atoms with Gasteiger partial charge in [-0.3, -0.25) is 9.88 Å². The lowest BCUT2D eigenvalue weighted by atomic mass is 10.2. The number of rotatable bonds is 3. The molecule has 2 rings (SSSR count). The molecule has 0 unspecified atom stereocenters. The maximum Gasteiger partial charge on any atom is 0.317 e. The smallest absolute Gasteiger partial charge is 0.317 e. The van der Waals surface area contributed by atoms with Gasteiger partial charge in [0.1, 0.15) is 0 Å². The van der Waals surface area contributed by atoms with Crippen LogP contribution in [-0.2, 0) is 6.54 Å². The fourth-order valence-corrected chi connectivity index (χ4v) is 2.34. The van der Waals surface area contributed by atoms with E-state index in [2.05, 4.69) is 15.2 Å². The highest BCUT2D eigenvalue weighted by Crippen LogP contribution is 2.08. The van der Waals surface area contributed by atoms with Crippen LogP contribution in [0.3, 0.4) is 0 Å². The molecule has 1 N–H and O–H groups in total. The standard InChI is InChI=1S/C14H22N4O/c1-2-16-14(19)18-9-3-8-17(10-11-18)12-13-4-6-15-7-5-13/h4-7H,2-3,8-12H2,1H3,(H,16,19). The molecule has 104 valence electrons. The summed E-state index contributed by atoms with van der Waals surface area (Å²) in [6.07, 6.45) is 4.69. The van der Waals surface area contributed by atoms with Crippen molar-refractivity contribution in [3.8, 4) is 0 Å². The molecule has 1 aliphatic heterocycles. The fraction of sp³-hybridized carbons (Fsp3) is 0.571. The lowest BCUT2D eigenvalue weighted by Crippen LogP contribution is -2.41. The number of pyridine rings is 1. The van der Waals surface area contributed by atoms with Crippen molar-refractivity contribution in [3.63, 3.8) is 0 Å². The highest BCUT2D eigenvalue weighted by atomic mass is 16.2. The second kappa shape index (κ2) is 7.09. The second-order valence-electron chi connectivity index (χ2n) is 4.81. The Balaban J connectivity index is 1.85. The summed E-state index contributed by atoms with van der Waals surface area (Å²) in [5.74, 6) is 0. The van der Waals surface area contributed by atoms with Gasteiger partial charge >= 0.3 is 6.03 Å². The molecule has 0 radical (unpaired) electrons. The number of urea groups is 1. The largest absolute Gasteiger partial charge is 0.338 e. The highest BCUT2D eigenvalue weighted by Gasteiger charge is 2.18. The molecular weight excluding hydrogens is 240 g/mol. The van der Waals surface area contributed by atoms with Crippen LogP contribution in [-0.4, -0.2) is 53.5 Å². The lowest BCUT2D eigenvalue weighted by Gasteiger charge is -2.22. The van der Waals surface area contributed by atoms with E-state index in [1.807, 2.05) is 36.4 Å². The van der Waals surface area contributed by atoms with Crippen molar-refractivity contribution in [1.82, 2.24) is 20.1 Å². The summed E-state index contributed by atoms with van der Waals surface area (Å²) in [7, 11) is 0. The number of aromatic nitrogens is 1. The second-order valence-corrected chi connectivity index (χ2v) is 4.81. The Bertz CT molecular complexity index is 396. The molecule has 0 aliphatic carbocycles. The first-order valence-electron chi connectivity index (χ1n) is 6.93. The summed E-state index contributed by atoms with van der Waals surface area (Å²) < 4.78 is 0. The Morgan fingerprint density at radius 3 is 2.79 bits per heavy atom. The Morgan fingerprint density at radius 1 is 1.26 bits per heavy atom. The number of carbonyl (C=O) groups excluding carboxylic acids is 1. The van der Waals surface area contributed by atoms with Crippen molar-refractivity contribution in [2.45, 2.75) is 19.9 Å². The SMILES string of the molecule is CCNC(=O)N1CCCN(Cc2ccncc2)CC1. The summed E-state index contributed by atoms with van der Waals surface area (Å²) in [4.78, 5) is 20.1. The van der Waals surface area contributed by atoms with E-state index in [-0.39, 0.29) is 6.03 Å². The van der Waals surface area contributed by atoms with Crippen LogP contribution in [0.2, 0.25) is 0 Å². The van der Waals surface area contributed by atoms with Crippen LogP contribution in [0.4, 0.5) is 4.79 Å². The van der Waals surface area contributed by atoms with Gasteiger partial charge in [-0.25, -0.2) is 4.79 Å². The zero-order chi connectivity index (χ0) is 13.5. The van der Waals surface area contributed by atoms with Gasteiger partial charge in [-0.05, 0) is 31.0 Å². The van der Waals surface area contributed by atoms with E-state index in [1.165, 1.54) is 5.56 Å². The molecule has 0 bridgehead atoms. The molecule has 0 atom stereocenters. The summed E-state index contributed by atoms with van der Waals surface area (Å²) in [6, 6.07) is 4.16. The quantitative estimate of drug-likeness (QED) is 0.893. The van der Waals surface area contributed by atoms with Gasteiger partial charge in [0, 0.05) is 51.7 Å². The minimum absolute atomic E-state index is 0.0632. The fourth-order valence-electron chi connectivity index (χ4n) is 2.34. The van der Waals surface area contributed by atoms with Crippen LogP contribution in [0.5, 0.6) is 0 Å². The minimum atomic E-state index is 0.0632. The predicted octanol–water partition coefficient (Wildman–Crippen LogP) is 1.32. The van der Waals surface area contributed by atoms with Crippen molar-refractivity contribution in [1.29, 1.82) is 0 Å². The summed E-state index contributed by atoms with van der Waals surface area (Å²) >= 11 is 0. The maximum atomic E-state index is 11.8. The zero-order valence-corrected chi connectivity index (χ0v) is 11.5. The third-order valence-corrected chi connectivity index (χ3v) is 3.36. The highest BCUT2D eigenvalue weighted by molar-refractivity contribution is 5.74. The summed E-state index contributed by atoms with van der Waals surface area (Å²) in [5.41, 5.74) is 1.28. The van der Waals surface area contributed by atoms with E-state index < -0.39 is 0 Å². The number of hydrogen-bond donors (Lipinski definition) is 1. The van der Waals surface area contributed by atoms with E-state index in [0.717, 1.165) is 39.1 Å². The normalized spacial score (nSPS) is 17.0. The number of carbonyl (C=O) groups is 1. The molecule has 2 amide bonds. The molecule has 1 aromatic heterocycles. The monoisotopic (exact) mass is 262 g/mol. The van der Waals surface area contributed by atoms with Crippen LogP contribution in [0.25, 0.3) is 0 Å². The number of amides is 2. The van der Waals surface area contributed by atoms with Crippen LogP contribution < -0.4 is 5.32 Å². The van der Waals surface area contributed by atoms with Crippen LogP contribution in [0, 0.1) is 0 Å². The molecule has 0 saturated carbocycles. The van der Waals surface area contributed by atoms with E-state index >= 15 is 0 Å². The topological polar surface area (TPSA) is 48.5 Å². The molecule has 5 heteroatoms. The molecule has 2 heterocycles. The Kier molecular flexibility index (Phi) is 5.15. The average Bonchev–Trinajstić information content (AvgIpc) is 2.66. The van der Waals surface area contributed by atoms with Gasteiger partial charge in [-0.1, -0.05) is 0 Å². The van der Waals surface area contributed by atoms with Crippen molar-refractivity contribution < 1.29 is 4.79 Å². The van der Waals surface area contributed by atoms with E-state index in [1.54, 1.807) is 0 Å². The van der Waals surface area contributed by atoms with Crippen LogP contribution in [0.15, 0.2) is 24.5 Å². The van der Waals surface area contributed by atoms with E-state index in [9.17, 15) is 4.79 Å². The Labute approximate surface area is 114 Å². The van der Waals surface area contributed by atoms with Crippen molar-refractivity contribution in [2.24, 2.45) is 0 Å². The molecule has 1 aliphatic rings. The molecule has 1 fully saturated rings. The van der Waals surface area contributed by atoms with Gasteiger partial charge in [-0.2, -0.15) is 0 Å². The van der Waals surface area contributed by atoms with Crippen LogP contribution >= 0.6 is 0 Å². The summed E-state index contributed by atoms with van der Waals surface area (Å²) in [5, 5.41) is 2.87. The Hall–Kier alpha value is -1.62. The molecular formula is C14H22N4O. The lowest BCUT2D eigenvalue weighted by molar-refractivity contribution is 0.198. The first kappa shape index (κ1) is 13.8. The van der Waals surface area contributed by atoms with Gasteiger partial charge in [-0.15, -0.1) is 0 Å². The molecule has 5 nitrogen and oxygen atoms in total. The molecule has 19 heavy (non-hydrogen) atoms. The van der Waals surface area contributed by atoms with Gasteiger partial charge in [0.05, 0.1) is 0 Å². The molecule has 1 aromatic rings. The Morgan fingerprint density at radius 2 is 2.05 bits per heavy atom. The first-order chi connectivity index (χ1) is 9.29. The van der Waals surface area contributed by atoms with E-state index in [4.69, 9.17) is 0 Å². The van der Waals surface area contributed by atoms with Gasteiger partial charge in [0.2, 0.25) is 0 Å². The van der Waals surface area contributed by atoms with Gasteiger partial charge < -0.3 is 10.2 Å². The van der Waals surface area contributed by atoms with Crippen molar-refractivity contribution >= 4 is 6.03 Å². The number of nitrogens with zero attached hydrogens (tertiary/aromatic N) is 3. The number of nitrogens with one attached hydrogen (secondary N) is 1. The number of hydrogen-bond acceptors (Lipinski definition) is 3. The van der Waals surface area contributed by atoms with Gasteiger partial charge in [0.25, 0.3) is 0 Å². The minimum Gasteiger partial charge on any atom is -0.338 e. The maximum absolute atomic E-state index is 11.8. The first-order valence-corrected chi connectivity index (χ1v) is 6.93. The third-order valence-electron chi connectivity index (χ3n) is 3.36. The molecule has 0 aromatic carbocycles. The van der Waals surface area contributed by atoms with E-state index in [0.29, 0.717) is 6.54 Å². The van der Waals surface area contributed by atoms with Crippen LogP contribution in [0.1, 0.15) is 18.9 Å². The molecule has 0 spiro atoms. The van der Waals surface area contributed by atoms with Crippen molar-refractivity contribution in [2.75, 3.05) is 32.7 Å². The molecule has 1 saturated heterocycles. The summed E-state index contributed by atoms with van der Waals surface area (Å²) in [6.45, 7) is 7.20. The zero-order valence-electron chi connectivity index (χ0n) is 11.5. The predicted molar refractivity (Wildman–Crippen MR) is 74.8 cm³/mol. The average molecular weight is 262 g/mol. The third kappa shape index (κ3) is 4.21.